The Balaban J connectivity index is 0.000000131. The van der Waals surface area contributed by atoms with Gasteiger partial charge in [-0.25, -0.2) is 0 Å². The van der Waals surface area contributed by atoms with Crippen molar-refractivity contribution in [3.05, 3.63) is 55.4 Å². The maximum absolute atomic E-state index is 5.02. The molecule has 0 saturated heterocycles. The Morgan fingerprint density at radius 1 is 0.727 bits per heavy atom. The number of aromatic nitrogens is 2. The molecule has 0 aliphatic rings. The number of benzene rings is 2. The fourth-order valence-corrected chi connectivity index (χ4v) is 4.43. The van der Waals surface area contributed by atoms with Crippen LogP contribution in [0.4, 0.5) is 0 Å². The molecule has 0 saturated carbocycles. The molecule has 2 heterocycles. The van der Waals surface area contributed by atoms with Crippen LogP contribution in [0.25, 0.3) is 20.4 Å². The van der Waals surface area contributed by atoms with Crippen molar-refractivity contribution < 1.29 is 0 Å². The summed E-state index contributed by atoms with van der Waals surface area (Å²) in [7, 11) is 0. The van der Waals surface area contributed by atoms with Gasteiger partial charge >= 0.3 is 0 Å². The van der Waals surface area contributed by atoms with Gasteiger partial charge in [0, 0.05) is 0 Å². The van der Waals surface area contributed by atoms with Gasteiger partial charge in [-0.2, -0.15) is 0 Å². The van der Waals surface area contributed by atoms with Gasteiger partial charge in [0.2, 0.25) is 0 Å². The zero-order valence-electron chi connectivity index (χ0n) is 12.1. The lowest BCUT2D eigenvalue weighted by Gasteiger charge is -1.89. The van der Waals surface area contributed by atoms with Gasteiger partial charge in [0.15, 0.2) is 7.91 Å². The van der Waals surface area contributed by atoms with Crippen LogP contribution in [0.5, 0.6) is 0 Å². The number of thiazole rings is 2. The Bertz CT molecular complexity index is 963. The van der Waals surface area contributed by atoms with E-state index in [1.807, 2.05) is 0 Å². The molecule has 4 rings (SSSR count). The van der Waals surface area contributed by atoms with E-state index >= 15 is 0 Å². The Labute approximate surface area is 146 Å². The van der Waals surface area contributed by atoms with Gasteiger partial charge in [0.25, 0.3) is 0 Å². The molecule has 0 aliphatic carbocycles. The van der Waals surface area contributed by atoms with Crippen LogP contribution in [0, 0.1) is 21.8 Å². The fourth-order valence-electron chi connectivity index (χ4n) is 2.12. The first-order valence-electron chi connectivity index (χ1n) is 6.70. The first-order valence-corrected chi connectivity index (χ1v) is 9.15. The lowest BCUT2D eigenvalue weighted by molar-refractivity contribution is 1.43. The average molecular weight is 363 g/mol. The molecule has 0 bridgehead atoms. The molecule has 0 radical (unpaired) electrons. The highest BCUT2D eigenvalue weighted by Crippen LogP contribution is 2.20. The number of hydrogen-bond acceptors (Lipinski definition) is 4. The Morgan fingerprint density at radius 2 is 1.32 bits per heavy atom. The Hall–Kier alpha value is -1.34. The van der Waals surface area contributed by atoms with Gasteiger partial charge in [-0.1, -0.05) is 12.1 Å². The molecule has 112 valence electrons. The molecule has 2 aromatic heterocycles. The molecular weight excluding hydrogens is 348 g/mol. The first-order chi connectivity index (χ1) is 10.5. The van der Waals surface area contributed by atoms with Crippen molar-refractivity contribution in [1.29, 1.82) is 0 Å². The van der Waals surface area contributed by atoms with Crippen LogP contribution in [0.1, 0.15) is 11.1 Å². The number of fused-ring (bicyclic) bond motifs is 2. The van der Waals surface area contributed by atoms with Crippen LogP contribution in [0.2, 0.25) is 0 Å². The number of aryl methyl sites for hydroxylation is 2. The van der Waals surface area contributed by atoms with Crippen molar-refractivity contribution in [3.8, 4) is 0 Å². The van der Waals surface area contributed by atoms with Gasteiger partial charge in [-0.3, -0.25) is 0 Å². The summed E-state index contributed by atoms with van der Waals surface area (Å²) in [6, 6.07) is 12.6. The molecule has 2 aromatic carbocycles. The first kappa shape index (κ1) is 15.6. The largest absolute Gasteiger partial charge is 0.337 e. The van der Waals surface area contributed by atoms with E-state index in [0.29, 0.717) is 0 Å². The molecular formula is C16H14N2S4. The topological polar surface area (TPSA) is 31.6 Å². The van der Waals surface area contributed by atoms with Gasteiger partial charge in [0.05, 0.1) is 20.4 Å². The highest BCUT2D eigenvalue weighted by molar-refractivity contribution is 7.74. The second-order valence-corrected chi connectivity index (χ2v) is 8.47. The van der Waals surface area contributed by atoms with Gasteiger partial charge in [-0.05, 0) is 73.7 Å². The summed E-state index contributed by atoms with van der Waals surface area (Å²) in [5.74, 6) is 0. The summed E-state index contributed by atoms with van der Waals surface area (Å²) in [6.45, 7) is 4.16. The van der Waals surface area contributed by atoms with Crippen LogP contribution < -0.4 is 0 Å². The summed E-state index contributed by atoms with van der Waals surface area (Å²) in [5.41, 5.74) is 4.84. The van der Waals surface area contributed by atoms with Gasteiger partial charge < -0.3 is 9.97 Å². The Morgan fingerprint density at radius 3 is 2.09 bits per heavy atom. The number of aromatic amines is 2. The van der Waals surface area contributed by atoms with Crippen LogP contribution in [0.3, 0.4) is 0 Å². The summed E-state index contributed by atoms with van der Waals surface area (Å²) in [6.07, 6.45) is 0. The minimum Gasteiger partial charge on any atom is -0.337 e. The predicted octanol–water partition coefficient (Wildman–Crippen LogP) is 6.53. The van der Waals surface area contributed by atoms with Crippen molar-refractivity contribution in [2.45, 2.75) is 13.8 Å². The van der Waals surface area contributed by atoms with Crippen molar-refractivity contribution in [1.82, 2.24) is 9.97 Å². The quantitative estimate of drug-likeness (QED) is 0.348. The van der Waals surface area contributed by atoms with E-state index in [-0.39, 0.29) is 0 Å². The van der Waals surface area contributed by atoms with Gasteiger partial charge in [-0.15, -0.1) is 22.7 Å². The van der Waals surface area contributed by atoms with Crippen LogP contribution in [-0.2, 0) is 0 Å². The molecule has 6 heteroatoms. The summed E-state index contributed by atoms with van der Waals surface area (Å²) < 4.78 is 4.19. The Kier molecular flexibility index (Phi) is 4.54. The number of rotatable bonds is 0. The van der Waals surface area contributed by atoms with Gasteiger partial charge in [0.1, 0.15) is 0 Å². The normalized spacial score (nSPS) is 10.6. The lowest BCUT2D eigenvalue weighted by Crippen LogP contribution is -1.70. The fraction of sp³-hybridized carbons (Fsp3) is 0.125. The molecule has 22 heavy (non-hydrogen) atoms. The SMILES string of the molecule is Cc1ccc2[nH]c(=S)sc2c1.Cc1ccc2sc(=S)[nH]c2c1. The van der Waals surface area contributed by atoms with E-state index in [2.05, 4.69) is 60.2 Å². The van der Waals surface area contributed by atoms with E-state index in [9.17, 15) is 0 Å². The van der Waals surface area contributed by atoms with E-state index in [1.165, 1.54) is 20.5 Å². The smallest absolute Gasteiger partial charge is 0.159 e. The second-order valence-electron chi connectivity index (χ2n) is 5.03. The number of H-pyrrole nitrogens is 2. The molecule has 2 N–H and O–H groups in total. The van der Waals surface area contributed by atoms with Crippen LogP contribution in [0.15, 0.2) is 36.4 Å². The molecule has 0 fully saturated rings. The number of hydrogen-bond donors (Lipinski definition) is 2. The average Bonchev–Trinajstić information content (AvgIpc) is 2.99. The molecule has 2 nitrogen and oxygen atoms in total. The van der Waals surface area contributed by atoms with Crippen molar-refractivity contribution in [3.63, 3.8) is 0 Å². The van der Waals surface area contributed by atoms with E-state index in [0.717, 1.165) is 18.9 Å². The summed E-state index contributed by atoms with van der Waals surface area (Å²) in [4.78, 5) is 6.25. The molecule has 0 unspecified atom stereocenters. The molecule has 0 aliphatic heterocycles. The highest BCUT2D eigenvalue weighted by atomic mass is 32.2. The minimum absolute atomic E-state index is 0.852. The lowest BCUT2D eigenvalue weighted by atomic mass is 10.2. The zero-order chi connectivity index (χ0) is 15.7. The molecule has 4 aromatic rings. The van der Waals surface area contributed by atoms with Crippen LogP contribution in [-0.4, -0.2) is 9.97 Å². The van der Waals surface area contributed by atoms with Crippen molar-refractivity contribution in [2.75, 3.05) is 0 Å². The third kappa shape index (κ3) is 3.52. The number of nitrogens with one attached hydrogen (secondary N) is 2. The highest BCUT2D eigenvalue weighted by Gasteiger charge is 1.95. The molecule has 0 atom stereocenters. The third-order valence-electron chi connectivity index (χ3n) is 3.15. The van der Waals surface area contributed by atoms with Crippen molar-refractivity contribution in [2.24, 2.45) is 0 Å². The second kappa shape index (κ2) is 6.42. The maximum atomic E-state index is 5.02. The zero-order valence-corrected chi connectivity index (χ0v) is 15.4. The van der Waals surface area contributed by atoms with E-state index in [1.54, 1.807) is 22.7 Å². The van der Waals surface area contributed by atoms with Crippen molar-refractivity contribution >= 4 is 67.5 Å². The standard InChI is InChI=1S/2C8H7NS2/c1-5-2-3-7-6(4-5)9-8(10)11-7;1-5-2-3-6-7(4-5)11-8(10)9-6/h2*2-4H,1H3,(H,9,10). The van der Waals surface area contributed by atoms with Crippen LogP contribution >= 0.6 is 47.1 Å². The molecule has 0 amide bonds. The summed E-state index contributed by atoms with van der Waals surface area (Å²) in [5, 5.41) is 0. The van der Waals surface area contributed by atoms with E-state index < -0.39 is 0 Å². The minimum atomic E-state index is 0.852. The maximum Gasteiger partial charge on any atom is 0.159 e. The summed E-state index contributed by atoms with van der Waals surface area (Å²) >= 11 is 13.3. The predicted molar refractivity (Wildman–Crippen MR) is 103 cm³/mol. The van der Waals surface area contributed by atoms with E-state index in [4.69, 9.17) is 24.4 Å². The molecule has 0 spiro atoms. The monoisotopic (exact) mass is 362 g/mol. The third-order valence-corrected chi connectivity index (χ3v) is 5.56.